The van der Waals surface area contributed by atoms with Crippen molar-refractivity contribution in [3.63, 3.8) is 0 Å². The monoisotopic (exact) mass is 438 g/mol. The largest absolute Gasteiger partial charge is 0.508 e. The maximum Gasteiger partial charge on any atom is 0.315 e. The first-order chi connectivity index (χ1) is 15.3. The Kier molecular flexibility index (Phi) is 6.24. The molecule has 1 heterocycles. The van der Waals surface area contributed by atoms with Gasteiger partial charge in [0.15, 0.2) is 5.78 Å². The van der Waals surface area contributed by atoms with Gasteiger partial charge in [-0.05, 0) is 56.4 Å². The Morgan fingerprint density at radius 1 is 1.22 bits per heavy atom. The van der Waals surface area contributed by atoms with Gasteiger partial charge in [0.25, 0.3) is 0 Å². The molecule has 2 fully saturated rings. The zero-order valence-electron chi connectivity index (χ0n) is 18.9. The van der Waals surface area contributed by atoms with Crippen molar-refractivity contribution in [3.05, 3.63) is 47.0 Å². The molecule has 2 aromatic rings. The van der Waals surface area contributed by atoms with Crippen LogP contribution >= 0.6 is 0 Å². The molecule has 2 aliphatic rings. The summed E-state index contributed by atoms with van der Waals surface area (Å²) >= 11 is 0. The summed E-state index contributed by atoms with van der Waals surface area (Å²) in [6.45, 7) is 6.65. The van der Waals surface area contributed by atoms with E-state index in [0.717, 1.165) is 42.4 Å². The number of phenols is 1. The van der Waals surface area contributed by atoms with Crippen LogP contribution in [0.4, 0.5) is 0 Å². The second kappa shape index (κ2) is 8.94. The molecule has 1 saturated heterocycles. The molecule has 1 atom stereocenters. The summed E-state index contributed by atoms with van der Waals surface area (Å²) in [6.07, 6.45) is 2.73. The molecule has 0 unspecified atom stereocenters. The lowest BCUT2D eigenvalue weighted by Gasteiger charge is -2.21. The highest BCUT2D eigenvalue weighted by Crippen LogP contribution is 2.49. The molecule has 0 aromatic heterocycles. The van der Waals surface area contributed by atoms with Gasteiger partial charge in [-0.25, -0.2) is 0 Å². The molecule has 6 heteroatoms. The Balaban J connectivity index is 1.59. The molecule has 0 spiro atoms. The van der Waals surface area contributed by atoms with Crippen molar-refractivity contribution >= 4 is 11.8 Å². The molecule has 0 amide bonds. The van der Waals surface area contributed by atoms with Gasteiger partial charge in [-0.2, -0.15) is 0 Å². The second-order valence-electron chi connectivity index (χ2n) is 8.83. The van der Waals surface area contributed by atoms with Gasteiger partial charge in [-0.1, -0.05) is 25.1 Å². The number of hydrogen-bond donors (Lipinski definition) is 1. The van der Waals surface area contributed by atoms with Gasteiger partial charge in [0.2, 0.25) is 0 Å². The first-order valence-electron chi connectivity index (χ1n) is 11.2. The molecule has 170 valence electrons. The summed E-state index contributed by atoms with van der Waals surface area (Å²) in [6, 6.07) is 9.19. The summed E-state index contributed by atoms with van der Waals surface area (Å²) in [5.41, 5.74) is 3.38. The van der Waals surface area contributed by atoms with Crippen LogP contribution in [-0.4, -0.2) is 42.8 Å². The number of aromatic hydroxyl groups is 1. The van der Waals surface area contributed by atoms with Crippen LogP contribution in [0.15, 0.2) is 30.3 Å². The van der Waals surface area contributed by atoms with Crippen molar-refractivity contribution in [2.45, 2.75) is 52.6 Å². The van der Waals surface area contributed by atoms with Crippen LogP contribution < -0.4 is 4.74 Å². The number of esters is 1. The highest BCUT2D eigenvalue weighted by molar-refractivity contribution is 5.96. The SMILES string of the molecule is CCc1cc(-c2ccc(O)c(C)c2OCC2(C(=O)O[C@H]3CCOC3)CC2)ccc1C(C)=O. The number of ketones is 1. The Labute approximate surface area is 188 Å². The molecule has 1 aliphatic carbocycles. The van der Waals surface area contributed by atoms with Crippen LogP contribution in [-0.2, 0) is 20.7 Å². The van der Waals surface area contributed by atoms with Crippen molar-refractivity contribution in [3.8, 4) is 22.6 Å². The zero-order valence-corrected chi connectivity index (χ0v) is 18.9. The second-order valence-corrected chi connectivity index (χ2v) is 8.83. The minimum Gasteiger partial charge on any atom is -0.508 e. The number of aryl methyl sites for hydroxylation is 1. The normalized spacial score (nSPS) is 18.9. The fraction of sp³-hybridized carbons (Fsp3) is 0.462. The van der Waals surface area contributed by atoms with Crippen LogP contribution in [0.25, 0.3) is 11.1 Å². The maximum absolute atomic E-state index is 12.8. The van der Waals surface area contributed by atoms with E-state index in [-0.39, 0.29) is 30.2 Å². The molecule has 2 aromatic carbocycles. The molecule has 6 nitrogen and oxygen atoms in total. The topological polar surface area (TPSA) is 82.1 Å². The Morgan fingerprint density at radius 3 is 2.62 bits per heavy atom. The molecule has 4 rings (SSSR count). The summed E-state index contributed by atoms with van der Waals surface area (Å²) in [5, 5.41) is 10.3. The van der Waals surface area contributed by atoms with Crippen molar-refractivity contribution in [2.24, 2.45) is 5.41 Å². The number of hydrogen-bond acceptors (Lipinski definition) is 6. The third-order valence-electron chi connectivity index (χ3n) is 6.49. The molecule has 1 aliphatic heterocycles. The molecule has 0 bridgehead atoms. The quantitative estimate of drug-likeness (QED) is 0.478. The number of carbonyl (C=O) groups is 2. The lowest BCUT2D eigenvalue weighted by Crippen LogP contribution is -2.30. The van der Waals surface area contributed by atoms with Crippen LogP contribution in [0.1, 0.15) is 54.6 Å². The smallest absolute Gasteiger partial charge is 0.315 e. The third kappa shape index (κ3) is 4.37. The van der Waals surface area contributed by atoms with E-state index in [2.05, 4.69) is 0 Å². The van der Waals surface area contributed by atoms with Crippen molar-refractivity contribution in [1.29, 1.82) is 0 Å². The average molecular weight is 439 g/mol. The fourth-order valence-electron chi connectivity index (χ4n) is 4.14. The molecule has 0 radical (unpaired) electrons. The molecular weight excluding hydrogens is 408 g/mol. The van der Waals surface area contributed by atoms with E-state index in [1.165, 1.54) is 0 Å². The Bertz CT molecular complexity index is 1030. The average Bonchev–Trinajstić information content (AvgIpc) is 3.41. The van der Waals surface area contributed by atoms with Crippen molar-refractivity contribution in [1.82, 2.24) is 0 Å². The van der Waals surface area contributed by atoms with E-state index in [4.69, 9.17) is 14.2 Å². The standard InChI is InChI=1S/C26H30O6/c1-4-18-13-19(5-6-21(18)17(3)27)22-7-8-23(28)16(2)24(22)31-15-26(10-11-26)25(29)32-20-9-12-30-14-20/h5-8,13,20,28H,4,9-12,14-15H2,1-3H3/t20-/m0/s1. The zero-order chi connectivity index (χ0) is 22.9. The number of ether oxygens (including phenoxy) is 3. The lowest BCUT2D eigenvalue weighted by atomic mass is 9.94. The fourth-order valence-corrected chi connectivity index (χ4v) is 4.14. The van der Waals surface area contributed by atoms with Gasteiger partial charge in [0, 0.05) is 23.1 Å². The van der Waals surface area contributed by atoms with E-state index in [1.807, 2.05) is 31.2 Å². The summed E-state index contributed by atoms with van der Waals surface area (Å²) in [5.74, 6) is 0.487. The van der Waals surface area contributed by atoms with Gasteiger partial charge in [-0.15, -0.1) is 0 Å². The molecule has 1 saturated carbocycles. The van der Waals surface area contributed by atoms with Crippen LogP contribution in [0, 0.1) is 12.3 Å². The first kappa shape index (κ1) is 22.3. The Morgan fingerprint density at radius 2 is 2.00 bits per heavy atom. The number of phenolic OH excluding ortho intramolecular Hbond substituents is 1. The highest BCUT2D eigenvalue weighted by Gasteiger charge is 2.53. The minimum absolute atomic E-state index is 0.0358. The van der Waals surface area contributed by atoms with Crippen molar-refractivity contribution in [2.75, 3.05) is 19.8 Å². The Hall–Kier alpha value is -2.86. The minimum atomic E-state index is -0.634. The number of Topliss-reactive ketones (excluding diaryl/α,β-unsaturated/α-hetero) is 1. The third-order valence-corrected chi connectivity index (χ3v) is 6.49. The predicted molar refractivity (Wildman–Crippen MR) is 120 cm³/mol. The lowest BCUT2D eigenvalue weighted by molar-refractivity contribution is -0.157. The van der Waals surface area contributed by atoms with Gasteiger partial charge in [0.05, 0.1) is 13.2 Å². The number of carbonyl (C=O) groups excluding carboxylic acids is 2. The van der Waals surface area contributed by atoms with E-state index in [9.17, 15) is 14.7 Å². The van der Waals surface area contributed by atoms with E-state index < -0.39 is 5.41 Å². The highest BCUT2D eigenvalue weighted by atomic mass is 16.6. The summed E-state index contributed by atoms with van der Waals surface area (Å²) in [7, 11) is 0. The maximum atomic E-state index is 12.8. The van der Waals surface area contributed by atoms with Crippen LogP contribution in [0.3, 0.4) is 0 Å². The molecular formula is C26H30O6. The van der Waals surface area contributed by atoms with Crippen LogP contribution in [0.2, 0.25) is 0 Å². The van der Waals surface area contributed by atoms with Gasteiger partial charge in [0.1, 0.15) is 29.6 Å². The van der Waals surface area contributed by atoms with Crippen molar-refractivity contribution < 1.29 is 28.9 Å². The van der Waals surface area contributed by atoms with Crippen LogP contribution in [0.5, 0.6) is 11.5 Å². The molecule has 32 heavy (non-hydrogen) atoms. The first-order valence-corrected chi connectivity index (χ1v) is 11.2. The van der Waals surface area contributed by atoms with Gasteiger partial charge >= 0.3 is 5.97 Å². The summed E-state index contributed by atoms with van der Waals surface area (Å²) < 4.78 is 17.1. The van der Waals surface area contributed by atoms with E-state index in [1.54, 1.807) is 19.9 Å². The summed E-state index contributed by atoms with van der Waals surface area (Å²) in [4.78, 5) is 24.7. The number of rotatable bonds is 8. The van der Waals surface area contributed by atoms with E-state index >= 15 is 0 Å². The van der Waals surface area contributed by atoms with Gasteiger partial charge < -0.3 is 19.3 Å². The number of benzene rings is 2. The molecule has 1 N–H and O–H groups in total. The van der Waals surface area contributed by atoms with Gasteiger partial charge in [-0.3, -0.25) is 9.59 Å². The van der Waals surface area contributed by atoms with E-state index in [0.29, 0.717) is 30.1 Å². The predicted octanol–water partition coefficient (Wildman–Crippen LogP) is 4.62.